The first kappa shape index (κ1) is 20.5. The second-order valence-electron chi connectivity index (χ2n) is 5.41. The Labute approximate surface area is 160 Å². The molecule has 0 heterocycles. The number of esters is 3. The van der Waals surface area contributed by atoms with Crippen LogP contribution in [-0.4, -0.2) is 37.2 Å². The van der Waals surface area contributed by atoms with E-state index in [0.29, 0.717) is 5.56 Å². The van der Waals surface area contributed by atoms with E-state index in [1.807, 2.05) is 0 Å². The van der Waals surface area contributed by atoms with E-state index >= 15 is 0 Å². The molecule has 0 radical (unpaired) electrons. The largest absolute Gasteiger partial charge is 0.504 e. The van der Waals surface area contributed by atoms with Gasteiger partial charge >= 0.3 is 17.9 Å². The van der Waals surface area contributed by atoms with E-state index in [9.17, 15) is 19.5 Å². The normalized spacial score (nSPS) is 10.8. The van der Waals surface area contributed by atoms with Crippen LogP contribution >= 0.6 is 0 Å². The second-order valence-corrected chi connectivity index (χ2v) is 5.41. The molecule has 2 rings (SSSR count). The summed E-state index contributed by atoms with van der Waals surface area (Å²) in [5.41, 5.74) is 0.351. The second kappa shape index (κ2) is 9.22. The Kier molecular flexibility index (Phi) is 6.75. The first-order valence-electron chi connectivity index (χ1n) is 8.02. The fourth-order valence-electron chi connectivity index (χ4n) is 2.21. The van der Waals surface area contributed by atoms with Crippen LogP contribution < -0.4 is 9.47 Å². The van der Waals surface area contributed by atoms with Gasteiger partial charge in [-0.25, -0.2) is 9.59 Å². The number of aromatic hydroxyl groups is 1. The van der Waals surface area contributed by atoms with Crippen LogP contribution in [0.1, 0.15) is 22.8 Å². The Morgan fingerprint density at radius 1 is 0.964 bits per heavy atom. The van der Waals surface area contributed by atoms with Gasteiger partial charge in [-0.05, 0) is 35.9 Å². The van der Waals surface area contributed by atoms with Crippen LogP contribution in [0.5, 0.6) is 17.2 Å². The van der Waals surface area contributed by atoms with Crippen molar-refractivity contribution in [2.24, 2.45) is 0 Å². The lowest BCUT2D eigenvalue weighted by Crippen LogP contribution is -2.11. The molecule has 0 aromatic heterocycles. The maximum atomic E-state index is 12.1. The lowest BCUT2D eigenvalue weighted by Gasteiger charge is -2.12. The highest BCUT2D eigenvalue weighted by molar-refractivity contribution is 5.94. The number of carbonyl (C=O) groups is 3. The minimum Gasteiger partial charge on any atom is -0.504 e. The molecule has 8 nitrogen and oxygen atoms in total. The number of ether oxygens (including phenoxy) is 4. The number of phenols is 1. The molecule has 0 amide bonds. The topological polar surface area (TPSA) is 108 Å². The Bertz CT molecular complexity index is 930. The first-order chi connectivity index (χ1) is 13.3. The van der Waals surface area contributed by atoms with Crippen molar-refractivity contribution in [3.63, 3.8) is 0 Å². The van der Waals surface area contributed by atoms with Crippen molar-refractivity contribution in [1.29, 1.82) is 0 Å². The van der Waals surface area contributed by atoms with Gasteiger partial charge in [0, 0.05) is 6.92 Å². The number of hydrogen-bond acceptors (Lipinski definition) is 8. The average molecular weight is 386 g/mol. The smallest absolute Gasteiger partial charge is 0.373 e. The van der Waals surface area contributed by atoms with Gasteiger partial charge in [0.05, 0.1) is 14.2 Å². The molecule has 1 N–H and O–H groups in total. The Balaban J connectivity index is 2.41. The van der Waals surface area contributed by atoms with Crippen LogP contribution in [0.25, 0.3) is 6.08 Å². The zero-order valence-electron chi connectivity index (χ0n) is 15.4. The zero-order valence-corrected chi connectivity index (χ0v) is 15.4. The van der Waals surface area contributed by atoms with Crippen molar-refractivity contribution < 1.29 is 38.4 Å². The third-order valence-corrected chi connectivity index (χ3v) is 3.43. The van der Waals surface area contributed by atoms with E-state index in [1.54, 1.807) is 18.2 Å². The van der Waals surface area contributed by atoms with E-state index in [2.05, 4.69) is 4.74 Å². The van der Waals surface area contributed by atoms with Gasteiger partial charge in [0.15, 0.2) is 11.5 Å². The van der Waals surface area contributed by atoms with E-state index in [1.165, 1.54) is 51.5 Å². The Morgan fingerprint density at radius 3 is 2.32 bits per heavy atom. The monoisotopic (exact) mass is 386 g/mol. The van der Waals surface area contributed by atoms with Gasteiger partial charge in [0.2, 0.25) is 5.76 Å². The lowest BCUT2D eigenvalue weighted by molar-refractivity contribution is -0.138. The first-order valence-corrected chi connectivity index (χ1v) is 8.02. The highest BCUT2D eigenvalue weighted by atomic mass is 16.6. The molecule has 2 aromatic rings. The van der Waals surface area contributed by atoms with E-state index in [-0.39, 0.29) is 22.8 Å². The minimum atomic E-state index is -0.819. The number of benzene rings is 2. The Hall–Kier alpha value is -3.81. The summed E-state index contributed by atoms with van der Waals surface area (Å²) in [4.78, 5) is 34.9. The van der Waals surface area contributed by atoms with Crippen molar-refractivity contribution >= 4 is 24.0 Å². The van der Waals surface area contributed by atoms with Gasteiger partial charge in [-0.2, -0.15) is 0 Å². The number of rotatable bonds is 6. The number of methoxy groups -OCH3 is 2. The summed E-state index contributed by atoms with van der Waals surface area (Å²) in [5.74, 6) is -2.69. The molecule has 2 aromatic carbocycles. The molecule has 0 unspecified atom stereocenters. The van der Waals surface area contributed by atoms with Gasteiger partial charge in [0.25, 0.3) is 0 Å². The van der Waals surface area contributed by atoms with Crippen molar-refractivity contribution in [2.45, 2.75) is 6.92 Å². The molecule has 0 aliphatic heterocycles. The van der Waals surface area contributed by atoms with Crippen LogP contribution in [-0.2, 0) is 19.1 Å². The molecule has 28 heavy (non-hydrogen) atoms. The predicted octanol–water partition coefficient (Wildman–Crippen LogP) is 2.70. The molecule has 146 valence electrons. The van der Waals surface area contributed by atoms with Gasteiger partial charge < -0.3 is 24.1 Å². The lowest BCUT2D eigenvalue weighted by atomic mass is 10.1. The maximum absolute atomic E-state index is 12.1. The van der Waals surface area contributed by atoms with Crippen LogP contribution in [0.3, 0.4) is 0 Å². The molecule has 0 saturated heterocycles. The third-order valence-electron chi connectivity index (χ3n) is 3.43. The van der Waals surface area contributed by atoms with Crippen molar-refractivity contribution in [3.8, 4) is 17.2 Å². The van der Waals surface area contributed by atoms with Gasteiger partial charge in [-0.15, -0.1) is 0 Å². The standard InChI is InChI=1S/C20H18O8/c1-12(21)27-14-7-4-6-13(10-14)11-17(20(24)26-3)28-16-9-5-8-15(18(16)22)19(23)25-2/h4-11,22H,1-3H3/b17-11+. The molecule has 0 fully saturated rings. The predicted molar refractivity (Wildman–Crippen MR) is 97.8 cm³/mol. The SMILES string of the molecule is COC(=O)/C(=C\c1cccc(OC(C)=O)c1)Oc1cccc(C(=O)OC)c1O. The zero-order chi connectivity index (χ0) is 20.7. The molecular weight excluding hydrogens is 368 g/mol. The fourth-order valence-corrected chi connectivity index (χ4v) is 2.21. The van der Waals surface area contributed by atoms with Crippen LogP contribution in [0.2, 0.25) is 0 Å². The fraction of sp³-hybridized carbons (Fsp3) is 0.150. The summed E-state index contributed by atoms with van der Waals surface area (Å²) < 4.78 is 19.8. The van der Waals surface area contributed by atoms with Crippen LogP contribution in [0, 0.1) is 0 Å². The number of para-hydroxylation sites is 1. The van der Waals surface area contributed by atoms with Crippen molar-refractivity contribution in [2.75, 3.05) is 14.2 Å². The molecular formula is C20H18O8. The number of hydrogen-bond donors (Lipinski definition) is 1. The van der Waals surface area contributed by atoms with E-state index < -0.39 is 23.7 Å². The van der Waals surface area contributed by atoms with Crippen molar-refractivity contribution in [3.05, 3.63) is 59.4 Å². The quantitative estimate of drug-likeness (QED) is 0.349. The number of carbonyl (C=O) groups excluding carboxylic acids is 3. The molecule has 0 aliphatic rings. The summed E-state index contributed by atoms with van der Waals surface area (Å²) in [6.45, 7) is 1.27. The molecule has 0 aliphatic carbocycles. The average Bonchev–Trinajstić information content (AvgIpc) is 2.67. The van der Waals surface area contributed by atoms with Crippen LogP contribution in [0.15, 0.2) is 48.2 Å². The Morgan fingerprint density at radius 2 is 1.68 bits per heavy atom. The number of phenolic OH excluding ortho intramolecular Hbond substituents is 1. The third kappa shape index (κ3) is 5.10. The summed E-state index contributed by atoms with van der Waals surface area (Å²) >= 11 is 0. The molecule has 0 bridgehead atoms. The molecule has 8 heteroatoms. The summed E-state index contributed by atoms with van der Waals surface area (Å²) in [6.07, 6.45) is 1.34. The highest BCUT2D eigenvalue weighted by Crippen LogP contribution is 2.32. The highest BCUT2D eigenvalue weighted by Gasteiger charge is 2.19. The van der Waals surface area contributed by atoms with Gasteiger partial charge in [-0.3, -0.25) is 4.79 Å². The van der Waals surface area contributed by atoms with Gasteiger partial charge in [0.1, 0.15) is 11.3 Å². The maximum Gasteiger partial charge on any atom is 0.373 e. The summed E-state index contributed by atoms with van der Waals surface area (Å²) in [7, 11) is 2.34. The minimum absolute atomic E-state index is 0.124. The van der Waals surface area contributed by atoms with E-state index in [0.717, 1.165) is 0 Å². The van der Waals surface area contributed by atoms with Gasteiger partial charge in [-0.1, -0.05) is 18.2 Å². The molecule has 0 spiro atoms. The van der Waals surface area contributed by atoms with E-state index in [4.69, 9.17) is 14.2 Å². The van der Waals surface area contributed by atoms with Crippen LogP contribution in [0.4, 0.5) is 0 Å². The van der Waals surface area contributed by atoms with Crippen molar-refractivity contribution in [1.82, 2.24) is 0 Å². The summed E-state index contributed by atoms with van der Waals surface area (Å²) in [6, 6.07) is 10.5. The molecule has 0 saturated carbocycles. The summed E-state index contributed by atoms with van der Waals surface area (Å²) in [5, 5.41) is 10.2. The molecule has 0 atom stereocenters.